The molecule has 24 heteroatoms. The Labute approximate surface area is 496 Å². The van der Waals surface area contributed by atoms with Crippen molar-refractivity contribution in [3.05, 3.63) is 114 Å². The van der Waals surface area contributed by atoms with Gasteiger partial charge in [-0.3, -0.25) is 48.2 Å². The Bertz CT molecular complexity index is 3380. The Morgan fingerprint density at radius 2 is 1.25 bits per heavy atom. The number of phosphoric ester groups is 1. The summed E-state index contributed by atoms with van der Waals surface area (Å²) in [6.45, 7) is 4.74. The molecule has 0 bridgehead atoms. The topological polar surface area (TPSA) is 296 Å². The molecular weight excluding hydrogens is 1140 g/mol. The van der Waals surface area contributed by atoms with Gasteiger partial charge in [0.2, 0.25) is 29.5 Å². The van der Waals surface area contributed by atoms with E-state index in [4.69, 9.17) is 38.2 Å². The molecule has 446 valence electrons. The standard InChI is InChI=1S/C60H69Cl2N8O13P/c1-36(2)57(67-50(71)18-4-3-11-28-68-53(74)25-26-54(68)75)59(77)66-45(17-9-10-27-64-60(63)78)58(76)65-40-23-21-37(22-24-40)35-82-48-29-46-55(43-15-7-5-13-41(43)48)38(31-61)33-69(46)51(72)19-12-20-52(73)70-34-39(32-62)56-44-16-8-6-14-42(44)49(30-47(56)70)83-84(79,80)81/h5-8,13-16,21-26,29-30,36,38-39,45,57H,3-4,9-12,17-20,27-28,31-35H2,1-2H3,(H,65,76)(H,66,77)(H,67,71)(H3,63,64,78)(H2,79,80,81)/t38-,39-,45+,57+/m1/s1. The predicted molar refractivity (Wildman–Crippen MR) is 320 cm³/mol. The normalized spacial score (nSPS) is 16.2. The summed E-state index contributed by atoms with van der Waals surface area (Å²) >= 11 is 13.0. The number of phosphoric acid groups is 1. The number of benzene rings is 5. The van der Waals surface area contributed by atoms with E-state index in [0.717, 1.165) is 32.4 Å². The molecule has 0 saturated heterocycles. The Morgan fingerprint density at radius 1 is 0.690 bits per heavy atom. The highest BCUT2D eigenvalue weighted by Gasteiger charge is 2.38. The number of nitrogens with one attached hydrogen (secondary N) is 4. The molecule has 0 aromatic heterocycles. The number of hydrogen-bond donors (Lipinski definition) is 7. The first kappa shape index (κ1) is 62.5. The number of carbonyl (C=O) groups excluding carboxylic acids is 8. The van der Waals surface area contributed by atoms with Crippen LogP contribution < -0.4 is 46.1 Å². The number of nitrogens with two attached hydrogens (primary N) is 1. The lowest BCUT2D eigenvalue weighted by atomic mass is 9.95. The zero-order chi connectivity index (χ0) is 60.2. The molecule has 0 saturated carbocycles. The van der Waals surface area contributed by atoms with E-state index in [1.165, 1.54) is 18.2 Å². The van der Waals surface area contributed by atoms with Gasteiger partial charge in [0.15, 0.2) is 0 Å². The highest BCUT2D eigenvalue weighted by atomic mass is 35.5. The first-order valence-electron chi connectivity index (χ1n) is 28.0. The zero-order valence-corrected chi connectivity index (χ0v) is 49.1. The van der Waals surface area contributed by atoms with Crippen LogP contribution in [0.4, 0.5) is 21.9 Å². The number of anilines is 3. The fraction of sp³-hybridized carbons (Fsp3) is 0.400. The molecule has 84 heavy (non-hydrogen) atoms. The maximum atomic E-state index is 14.2. The second-order valence-corrected chi connectivity index (χ2v) is 23.2. The van der Waals surface area contributed by atoms with E-state index in [1.54, 1.807) is 72.2 Å². The molecule has 3 aliphatic heterocycles. The van der Waals surface area contributed by atoms with Gasteiger partial charge in [0.05, 0.1) is 11.4 Å². The van der Waals surface area contributed by atoms with Gasteiger partial charge in [-0.15, -0.1) is 23.2 Å². The molecule has 0 radical (unpaired) electrons. The molecule has 5 aromatic rings. The van der Waals surface area contributed by atoms with Crippen LogP contribution in [-0.2, 0) is 44.7 Å². The van der Waals surface area contributed by atoms with Crippen LogP contribution >= 0.6 is 31.0 Å². The van der Waals surface area contributed by atoms with Gasteiger partial charge in [0.25, 0.3) is 11.8 Å². The minimum atomic E-state index is -4.95. The van der Waals surface area contributed by atoms with Crippen molar-refractivity contribution in [1.29, 1.82) is 0 Å². The van der Waals surface area contributed by atoms with Crippen molar-refractivity contribution in [3.8, 4) is 11.5 Å². The molecule has 0 aliphatic carbocycles. The maximum Gasteiger partial charge on any atom is 0.524 e. The molecule has 8 N–H and O–H groups in total. The molecule has 3 aliphatic rings. The van der Waals surface area contributed by atoms with Crippen molar-refractivity contribution in [3.63, 3.8) is 0 Å². The number of rotatable bonds is 28. The van der Waals surface area contributed by atoms with Crippen LogP contribution in [0.2, 0.25) is 0 Å². The third kappa shape index (κ3) is 15.4. The fourth-order valence-corrected chi connectivity index (χ4v) is 11.9. The third-order valence-corrected chi connectivity index (χ3v) is 16.3. The van der Waals surface area contributed by atoms with Gasteiger partial charge >= 0.3 is 13.9 Å². The van der Waals surface area contributed by atoms with Crippen LogP contribution in [0.5, 0.6) is 11.5 Å². The Balaban J connectivity index is 0.891. The summed E-state index contributed by atoms with van der Waals surface area (Å²) in [5.41, 5.74) is 9.20. The summed E-state index contributed by atoms with van der Waals surface area (Å²) in [6, 6.07) is 22.4. The quantitative estimate of drug-likeness (QED) is 0.0108. The van der Waals surface area contributed by atoms with E-state index in [9.17, 15) is 52.7 Å². The molecular formula is C60H69Cl2N8O13P. The molecule has 21 nitrogen and oxygen atoms in total. The monoisotopic (exact) mass is 1210 g/mol. The molecule has 3 heterocycles. The average molecular weight is 1210 g/mol. The van der Waals surface area contributed by atoms with E-state index in [-0.39, 0.29) is 123 Å². The number of halogens is 2. The molecule has 4 atom stereocenters. The number of ether oxygens (including phenoxy) is 1. The van der Waals surface area contributed by atoms with Gasteiger partial charge in [0, 0.05) is 110 Å². The number of carbonyl (C=O) groups is 8. The number of urea groups is 1. The van der Waals surface area contributed by atoms with E-state index < -0.39 is 37.8 Å². The van der Waals surface area contributed by atoms with E-state index >= 15 is 0 Å². The van der Waals surface area contributed by atoms with Crippen molar-refractivity contribution in [1.82, 2.24) is 20.9 Å². The summed E-state index contributed by atoms with van der Waals surface area (Å²) in [5.74, 6) is -2.51. The number of amides is 9. The summed E-state index contributed by atoms with van der Waals surface area (Å²) < 4.78 is 23.6. The van der Waals surface area contributed by atoms with E-state index in [2.05, 4.69) is 21.3 Å². The fourth-order valence-electron chi connectivity index (χ4n) is 11.0. The molecule has 0 spiro atoms. The number of hydrogen-bond acceptors (Lipinski definition) is 11. The van der Waals surface area contributed by atoms with Gasteiger partial charge in [-0.25, -0.2) is 9.36 Å². The minimum absolute atomic E-state index is 0.00372. The van der Waals surface area contributed by atoms with Crippen molar-refractivity contribution in [2.75, 3.05) is 53.1 Å². The van der Waals surface area contributed by atoms with Crippen molar-refractivity contribution in [2.24, 2.45) is 11.7 Å². The van der Waals surface area contributed by atoms with Crippen molar-refractivity contribution < 1.29 is 62.0 Å². The molecule has 0 unspecified atom stereocenters. The zero-order valence-electron chi connectivity index (χ0n) is 46.7. The van der Waals surface area contributed by atoms with Crippen molar-refractivity contribution in [2.45, 2.75) is 109 Å². The number of primary amides is 1. The Morgan fingerprint density at radius 3 is 1.80 bits per heavy atom. The highest BCUT2D eigenvalue weighted by Crippen LogP contribution is 2.50. The lowest BCUT2D eigenvalue weighted by Crippen LogP contribution is -2.54. The number of alkyl halides is 2. The number of nitrogens with zero attached hydrogens (tertiary/aromatic N) is 3. The number of unbranched alkanes of at least 4 members (excludes halogenated alkanes) is 3. The largest absolute Gasteiger partial charge is 0.524 e. The second-order valence-electron chi connectivity index (χ2n) is 21.4. The number of imide groups is 1. The molecule has 0 fully saturated rings. The van der Waals surface area contributed by atoms with Crippen LogP contribution in [0.1, 0.15) is 107 Å². The highest BCUT2D eigenvalue weighted by molar-refractivity contribution is 7.46. The first-order chi connectivity index (χ1) is 40.2. The predicted octanol–water partition coefficient (Wildman–Crippen LogP) is 8.14. The minimum Gasteiger partial charge on any atom is -0.488 e. The van der Waals surface area contributed by atoms with Gasteiger partial charge in [-0.2, -0.15) is 0 Å². The third-order valence-electron chi connectivity index (χ3n) is 15.1. The van der Waals surface area contributed by atoms with Crippen LogP contribution in [0.15, 0.2) is 97.1 Å². The molecule has 5 aromatic carbocycles. The summed E-state index contributed by atoms with van der Waals surface area (Å²) in [6.07, 6.45) is 5.48. The maximum absolute atomic E-state index is 14.2. The SMILES string of the molecule is CC(C)[C@H](NC(=O)CCCCCN1C(=O)C=CC1=O)C(=O)N[C@@H](CCCCNC(N)=O)C(=O)Nc1ccc(COc2cc3c(c4ccccc24)[C@H](CCl)CN3C(=O)CCCC(=O)N2C[C@@H](CCl)c3c2cc(OP(=O)(O)O)c2ccccc32)cc1. The van der Waals surface area contributed by atoms with Gasteiger partial charge in [-0.1, -0.05) is 80.9 Å². The summed E-state index contributed by atoms with van der Waals surface area (Å²) in [7, 11) is -4.95. The van der Waals surface area contributed by atoms with Gasteiger partial charge in [-0.05, 0) is 84.0 Å². The van der Waals surface area contributed by atoms with E-state index in [0.29, 0.717) is 72.2 Å². The van der Waals surface area contributed by atoms with Crippen molar-refractivity contribution >= 4 is 117 Å². The average Bonchev–Trinajstić information content (AvgIpc) is 1.67. The lowest BCUT2D eigenvalue weighted by molar-refractivity contribution is -0.137. The Kier molecular flexibility index (Phi) is 21.1. The van der Waals surface area contributed by atoms with Crippen LogP contribution in [0.3, 0.4) is 0 Å². The first-order valence-corrected chi connectivity index (χ1v) is 30.6. The van der Waals surface area contributed by atoms with E-state index in [1.807, 2.05) is 30.3 Å². The van der Waals surface area contributed by atoms with Crippen LogP contribution in [-0.4, -0.2) is 112 Å². The smallest absolute Gasteiger partial charge is 0.488 e. The number of fused-ring (bicyclic) bond motifs is 6. The Hall–Kier alpha value is -7.55. The van der Waals surface area contributed by atoms with Gasteiger partial charge in [0.1, 0.15) is 30.2 Å². The van der Waals surface area contributed by atoms with Crippen LogP contribution in [0, 0.1) is 5.92 Å². The van der Waals surface area contributed by atoms with Gasteiger partial charge < -0.3 is 46.1 Å². The summed E-state index contributed by atoms with van der Waals surface area (Å²) in [5, 5.41) is 13.9. The molecule has 8 rings (SSSR count). The van der Waals surface area contributed by atoms with Crippen LogP contribution in [0.25, 0.3) is 21.5 Å². The second kappa shape index (κ2) is 28.4. The molecule has 9 amide bonds. The summed E-state index contributed by atoms with van der Waals surface area (Å²) in [4.78, 5) is 128. The lowest BCUT2D eigenvalue weighted by Gasteiger charge is -2.25.